The van der Waals surface area contributed by atoms with E-state index in [9.17, 15) is 14.4 Å². The Labute approximate surface area is 117 Å². The first-order chi connectivity index (χ1) is 9.36. The van der Waals surface area contributed by atoms with Crippen molar-refractivity contribution in [3.63, 3.8) is 0 Å². The highest BCUT2D eigenvalue weighted by atomic mass is 16.4. The van der Waals surface area contributed by atoms with E-state index in [1.807, 2.05) is 6.92 Å². The molecule has 20 heavy (non-hydrogen) atoms. The predicted octanol–water partition coefficient (Wildman–Crippen LogP) is 1.01. The van der Waals surface area contributed by atoms with Crippen LogP contribution >= 0.6 is 0 Å². The highest BCUT2D eigenvalue weighted by Crippen LogP contribution is 2.10. The summed E-state index contributed by atoms with van der Waals surface area (Å²) in [5.74, 6) is -2.47. The van der Waals surface area contributed by atoms with Gasteiger partial charge in [0.25, 0.3) is 5.91 Å². The van der Waals surface area contributed by atoms with Crippen LogP contribution in [0.5, 0.6) is 0 Å². The maximum atomic E-state index is 12.0. The molecule has 0 heterocycles. The van der Waals surface area contributed by atoms with E-state index in [0.717, 1.165) is 0 Å². The molecule has 0 aliphatic heterocycles. The Balaban J connectivity index is 2.92. The van der Waals surface area contributed by atoms with Crippen molar-refractivity contribution >= 4 is 17.8 Å². The maximum Gasteiger partial charge on any atom is 0.326 e. The minimum Gasteiger partial charge on any atom is -0.480 e. The molecule has 0 spiro atoms. The first-order valence-corrected chi connectivity index (χ1v) is 6.30. The molecule has 0 aliphatic rings. The van der Waals surface area contributed by atoms with Gasteiger partial charge in [0.05, 0.1) is 0 Å². The quantitative estimate of drug-likeness (QED) is 0.721. The number of primary amides is 1. The number of hydrogen-bond acceptors (Lipinski definition) is 3. The van der Waals surface area contributed by atoms with Gasteiger partial charge in [-0.25, -0.2) is 4.79 Å². The van der Waals surface area contributed by atoms with E-state index < -0.39 is 23.8 Å². The second-order valence-electron chi connectivity index (χ2n) is 4.62. The molecule has 0 saturated heterocycles. The highest BCUT2D eigenvalue weighted by Gasteiger charge is 2.25. The van der Waals surface area contributed by atoms with Crippen molar-refractivity contribution in [3.05, 3.63) is 35.4 Å². The molecule has 2 atom stereocenters. The molecule has 0 aliphatic carbocycles. The van der Waals surface area contributed by atoms with E-state index in [1.54, 1.807) is 6.92 Å². The van der Waals surface area contributed by atoms with Gasteiger partial charge in [-0.05, 0) is 24.1 Å². The van der Waals surface area contributed by atoms with Crippen molar-refractivity contribution in [1.29, 1.82) is 0 Å². The van der Waals surface area contributed by atoms with Gasteiger partial charge in [0.1, 0.15) is 6.04 Å². The molecule has 0 saturated carbocycles. The molecule has 2 amide bonds. The highest BCUT2D eigenvalue weighted by molar-refractivity contribution is 6.00. The molecule has 6 heteroatoms. The largest absolute Gasteiger partial charge is 0.480 e. The Morgan fingerprint density at radius 3 is 2.40 bits per heavy atom. The van der Waals surface area contributed by atoms with Crippen molar-refractivity contribution in [2.24, 2.45) is 11.7 Å². The molecule has 1 rings (SSSR count). The molecule has 0 radical (unpaired) electrons. The summed E-state index contributed by atoms with van der Waals surface area (Å²) in [5, 5.41) is 11.6. The number of nitrogens with one attached hydrogen (secondary N) is 1. The topological polar surface area (TPSA) is 109 Å². The lowest BCUT2D eigenvalue weighted by Gasteiger charge is -2.20. The summed E-state index contributed by atoms with van der Waals surface area (Å²) >= 11 is 0. The third-order valence-electron chi connectivity index (χ3n) is 3.17. The lowest BCUT2D eigenvalue weighted by Crippen LogP contribution is -2.45. The van der Waals surface area contributed by atoms with E-state index in [1.165, 1.54) is 24.3 Å². The zero-order chi connectivity index (χ0) is 15.3. The first kappa shape index (κ1) is 15.7. The van der Waals surface area contributed by atoms with Gasteiger partial charge in [-0.1, -0.05) is 26.3 Å². The van der Waals surface area contributed by atoms with Crippen molar-refractivity contribution in [3.8, 4) is 0 Å². The number of rotatable bonds is 6. The second-order valence-corrected chi connectivity index (χ2v) is 4.62. The Morgan fingerprint density at radius 2 is 1.90 bits per heavy atom. The summed E-state index contributed by atoms with van der Waals surface area (Å²) in [4.78, 5) is 34.2. The zero-order valence-corrected chi connectivity index (χ0v) is 11.4. The zero-order valence-electron chi connectivity index (χ0n) is 11.4. The van der Waals surface area contributed by atoms with Gasteiger partial charge in [-0.3, -0.25) is 9.59 Å². The number of amides is 2. The van der Waals surface area contributed by atoms with E-state index in [4.69, 9.17) is 10.8 Å². The standard InChI is InChI=1S/C14H18N2O4/c1-3-8(2)11(14(19)20)16-13(18)10-6-4-5-9(7-10)12(15)17/h4-8,11H,3H2,1-2H3,(H2,15,17)(H,16,18)(H,19,20). The van der Waals surface area contributed by atoms with Gasteiger partial charge < -0.3 is 16.2 Å². The smallest absolute Gasteiger partial charge is 0.326 e. The van der Waals surface area contributed by atoms with Gasteiger partial charge in [0.2, 0.25) is 5.91 Å². The number of benzene rings is 1. The number of aliphatic carboxylic acids is 1. The molecule has 0 fully saturated rings. The number of carboxylic acids is 1. The van der Waals surface area contributed by atoms with Crippen LogP contribution in [0.25, 0.3) is 0 Å². The predicted molar refractivity (Wildman–Crippen MR) is 73.3 cm³/mol. The number of nitrogens with two attached hydrogens (primary N) is 1. The van der Waals surface area contributed by atoms with Crippen molar-refractivity contribution in [1.82, 2.24) is 5.32 Å². The molecule has 6 nitrogen and oxygen atoms in total. The molecule has 1 aromatic rings. The van der Waals surface area contributed by atoms with E-state index >= 15 is 0 Å². The molecule has 1 aromatic carbocycles. The molecule has 2 unspecified atom stereocenters. The van der Waals surface area contributed by atoms with Crippen LogP contribution in [0.3, 0.4) is 0 Å². The molecule has 108 valence electrons. The number of carboxylic acid groups (broad SMARTS) is 1. The van der Waals surface area contributed by atoms with E-state index in [0.29, 0.717) is 6.42 Å². The summed E-state index contributed by atoms with van der Waals surface area (Å²) in [5.41, 5.74) is 5.54. The molecular weight excluding hydrogens is 260 g/mol. The van der Waals surface area contributed by atoms with Gasteiger partial charge in [-0.15, -0.1) is 0 Å². The van der Waals surface area contributed by atoms with Gasteiger partial charge in [0, 0.05) is 11.1 Å². The van der Waals surface area contributed by atoms with E-state index in [-0.39, 0.29) is 17.0 Å². The molecule has 0 bridgehead atoms. The Morgan fingerprint density at radius 1 is 1.30 bits per heavy atom. The lowest BCUT2D eigenvalue weighted by molar-refractivity contribution is -0.140. The van der Waals surface area contributed by atoms with Crippen molar-refractivity contribution < 1.29 is 19.5 Å². The van der Waals surface area contributed by atoms with Crippen molar-refractivity contribution in [2.75, 3.05) is 0 Å². The van der Waals surface area contributed by atoms with Gasteiger partial charge in [-0.2, -0.15) is 0 Å². The van der Waals surface area contributed by atoms with E-state index in [2.05, 4.69) is 5.32 Å². The number of carbonyl (C=O) groups excluding carboxylic acids is 2. The third-order valence-corrected chi connectivity index (χ3v) is 3.17. The van der Waals surface area contributed by atoms with Crippen LogP contribution in [0.2, 0.25) is 0 Å². The SMILES string of the molecule is CCC(C)C(NC(=O)c1cccc(C(N)=O)c1)C(=O)O. The van der Waals surface area contributed by atoms with Gasteiger partial charge in [0.15, 0.2) is 0 Å². The Kier molecular flexibility index (Phi) is 5.25. The monoisotopic (exact) mass is 278 g/mol. The summed E-state index contributed by atoms with van der Waals surface area (Å²) in [6.07, 6.45) is 0.624. The Hall–Kier alpha value is -2.37. The first-order valence-electron chi connectivity index (χ1n) is 6.30. The molecular formula is C14H18N2O4. The van der Waals surface area contributed by atoms with Crippen LogP contribution in [-0.2, 0) is 4.79 Å². The molecule has 4 N–H and O–H groups in total. The minimum atomic E-state index is -1.08. The van der Waals surface area contributed by atoms with Crippen LogP contribution in [0, 0.1) is 5.92 Å². The number of carbonyl (C=O) groups is 3. The normalized spacial score (nSPS) is 13.3. The third kappa shape index (κ3) is 3.81. The summed E-state index contributed by atoms with van der Waals surface area (Å²) in [6.45, 7) is 3.60. The van der Waals surface area contributed by atoms with Crippen LogP contribution in [0.15, 0.2) is 24.3 Å². The van der Waals surface area contributed by atoms with Crippen LogP contribution in [0.1, 0.15) is 41.0 Å². The minimum absolute atomic E-state index is 0.198. The summed E-state index contributed by atoms with van der Waals surface area (Å²) in [7, 11) is 0. The van der Waals surface area contributed by atoms with Crippen LogP contribution in [0.4, 0.5) is 0 Å². The second kappa shape index (κ2) is 6.70. The van der Waals surface area contributed by atoms with Crippen LogP contribution in [-0.4, -0.2) is 28.9 Å². The lowest BCUT2D eigenvalue weighted by atomic mass is 9.98. The Bertz CT molecular complexity index is 528. The fourth-order valence-corrected chi connectivity index (χ4v) is 1.72. The average molecular weight is 278 g/mol. The average Bonchev–Trinajstić information content (AvgIpc) is 2.43. The fourth-order valence-electron chi connectivity index (χ4n) is 1.72. The fraction of sp³-hybridized carbons (Fsp3) is 0.357. The number of hydrogen-bond donors (Lipinski definition) is 3. The summed E-state index contributed by atoms with van der Waals surface area (Å²) in [6, 6.07) is 4.88. The maximum absolute atomic E-state index is 12.0. The van der Waals surface area contributed by atoms with Crippen LogP contribution < -0.4 is 11.1 Å². The summed E-state index contributed by atoms with van der Waals surface area (Å²) < 4.78 is 0. The van der Waals surface area contributed by atoms with Gasteiger partial charge >= 0.3 is 5.97 Å². The van der Waals surface area contributed by atoms with Crippen molar-refractivity contribution in [2.45, 2.75) is 26.3 Å². The molecule has 0 aromatic heterocycles.